The van der Waals surface area contributed by atoms with E-state index >= 15 is 0 Å². The minimum absolute atomic E-state index is 0.0824. The zero-order valence-corrected chi connectivity index (χ0v) is 11.3. The average Bonchev–Trinajstić information content (AvgIpc) is 2.45. The number of rotatable bonds is 6. The third-order valence-corrected chi connectivity index (χ3v) is 2.79. The molecule has 104 valence electrons. The highest BCUT2D eigenvalue weighted by molar-refractivity contribution is 5.97. The molecule has 0 aliphatic carbocycles. The molecule has 0 saturated carbocycles. The van der Waals surface area contributed by atoms with Crippen molar-refractivity contribution < 1.29 is 14.3 Å². The Kier molecular flexibility index (Phi) is 4.74. The Morgan fingerprint density at radius 3 is 2.60 bits per heavy atom. The van der Waals surface area contributed by atoms with Gasteiger partial charge in [0.15, 0.2) is 12.6 Å². The Balaban J connectivity index is 1.90. The highest BCUT2D eigenvalue weighted by atomic mass is 16.7. The van der Waals surface area contributed by atoms with Crippen molar-refractivity contribution in [3.63, 3.8) is 0 Å². The van der Waals surface area contributed by atoms with E-state index in [9.17, 15) is 4.79 Å². The number of carbonyl (C=O) groups is 1. The molecule has 4 nitrogen and oxygen atoms in total. The van der Waals surface area contributed by atoms with Crippen molar-refractivity contribution in [1.82, 2.24) is 0 Å². The summed E-state index contributed by atoms with van der Waals surface area (Å²) in [5.41, 5.74) is 7.73. The van der Waals surface area contributed by atoms with Crippen LogP contribution in [0.15, 0.2) is 48.5 Å². The third kappa shape index (κ3) is 3.83. The topological polar surface area (TPSA) is 61.6 Å². The molecule has 0 aliphatic heterocycles. The molecular formula is C16H17NO3. The Bertz CT molecular complexity index is 582. The molecule has 4 heteroatoms. The molecule has 0 bridgehead atoms. The van der Waals surface area contributed by atoms with Gasteiger partial charge in [-0.25, -0.2) is 0 Å². The van der Waals surface area contributed by atoms with Crippen LogP contribution in [-0.4, -0.2) is 12.6 Å². The van der Waals surface area contributed by atoms with Crippen molar-refractivity contribution in [1.29, 1.82) is 0 Å². The first-order valence-electron chi connectivity index (χ1n) is 6.32. The Morgan fingerprint density at radius 2 is 1.90 bits per heavy atom. The van der Waals surface area contributed by atoms with Crippen LogP contribution >= 0.6 is 0 Å². The number of carbonyl (C=O) groups excluding carboxylic acids is 1. The van der Waals surface area contributed by atoms with E-state index in [4.69, 9.17) is 15.2 Å². The van der Waals surface area contributed by atoms with Gasteiger partial charge in [-0.2, -0.15) is 0 Å². The highest BCUT2D eigenvalue weighted by Gasteiger charge is 2.08. The lowest BCUT2D eigenvalue weighted by Crippen LogP contribution is -2.06. The molecular weight excluding hydrogens is 254 g/mol. The van der Waals surface area contributed by atoms with Crippen molar-refractivity contribution in [3.05, 3.63) is 59.7 Å². The first kappa shape index (κ1) is 14.1. The van der Waals surface area contributed by atoms with Gasteiger partial charge in [0.2, 0.25) is 0 Å². The summed E-state index contributed by atoms with van der Waals surface area (Å²) in [6.07, 6.45) is 0. The summed E-state index contributed by atoms with van der Waals surface area (Å²) in [5.74, 6) is 0.398. The van der Waals surface area contributed by atoms with Gasteiger partial charge >= 0.3 is 0 Å². The van der Waals surface area contributed by atoms with Gasteiger partial charge in [0.25, 0.3) is 0 Å². The van der Waals surface area contributed by atoms with Crippen molar-refractivity contribution in [2.45, 2.75) is 13.5 Å². The number of anilines is 1. The minimum atomic E-state index is -0.0876. The maximum absolute atomic E-state index is 11.5. The smallest absolute Gasteiger partial charge is 0.189 e. The quantitative estimate of drug-likeness (QED) is 0.379. The van der Waals surface area contributed by atoms with Gasteiger partial charge in [-0.1, -0.05) is 30.3 Å². The molecule has 0 spiro atoms. The molecule has 2 aromatic rings. The summed E-state index contributed by atoms with van der Waals surface area (Å²) >= 11 is 0. The molecule has 0 saturated heterocycles. The summed E-state index contributed by atoms with van der Waals surface area (Å²) in [5, 5.41) is 0. The number of nitrogen functional groups attached to an aromatic ring is 1. The Morgan fingerprint density at radius 1 is 1.15 bits per heavy atom. The van der Waals surface area contributed by atoms with Gasteiger partial charge in [0.1, 0.15) is 5.75 Å². The molecule has 0 aliphatic rings. The highest BCUT2D eigenvalue weighted by Crippen LogP contribution is 2.22. The Hall–Kier alpha value is -2.33. The van der Waals surface area contributed by atoms with E-state index in [0.29, 0.717) is 23.6 Å². The summed E-state index contributed by atoms with van der Waals surface area (Å²) in [6, 6.07) is 14.8. The predicted molar refractivity (Wildman–Crippen MR) is 77.6 cm³/mol. The number of Topliss-reactive ketones (excluding diaryl/α,β-unsaturated/α-hetero) is 1. The van der Waals surface area contributed by atoms with Crippen molar-refractivity contribution in [2.75, 3.05) is 12.5 Å². The van der Waals surface area contributed by atoms with Gasteiger partial charge in [0.05, 0.1) is 12.2 Å². The fourth-order valence-electron chi connectivity index (χ4n) is 1.79. The standard InChI is InChI=1S/C16H17NO3/c1-12(18)15-9-14(17)7-8-16(15)20-11-19-10-13-5-3-2-4-6-13/h2-9H,10-11,17H2,1H3. The number of benzene rings is 2. The molecule has 0 amide bonds. The molecule has 0 radical (unpaired) electrons. The molecule has 0 heterocycles. The van der Waals surface area contributed by atoms with Gasteiger partial charge in [0, 0.05) is 5.69 Å². The van der Waals surface area contributed by atoms with Crippen molar-refractivity contribution in [2.24, 2.45) is 0 Å². The number of ether oxygens (including phenoxy) is 2. The van der Waals surface area contributed by atoms with Crippen LogP contribution < -0.4 is 10.5 Å². The second-order valence-electron chi connectivity index (χ2n) is 4.41. The molecule has 0 atom stereocenters. The average molecular weight is 271 g/mol. The Labute approximate surface area is 118 Å². The van der Waals surface area contributed by atoms with Crippen molar-refractivity contribution in [3.8, 4) is 5.75 Å². The molecule has 2 aromatic carbocycles. The zero-order valence-electron chi connectivity index (χ0n) is 11.3. The largest absolute Gasteiger partial charge is 0.467 e. The summed E-state index contributed by atoms with van der Waals surface area (Å²) in [4.78, 5) is 11.5. The molecule has 0 unspecified atom stereocenters. The normalized spacial score (nSPS) is 10.2. The van der Waals surface area contributed by atoms with Gasteiger partial charge in [-0.3, -0.25) is 4.79 Å². The summed E-state index contributed by atoms with van der Waals surface area (Å²) in [7, 11) is 0. The molecule has 20 heavy (non-hydrogen) atoms. The maximum Gasteiger partial charge on any atom is 0.189 e. The summed E-state index contributed by atoms with van der Waals surface area (Å²) in [6.45, 7) is 2.02. The van der Waals surface area contributed by atoms with Gasteiger partial charge in [-0.15, -0.1) is 0 Å². The second kappa shape index (κ2) is 6.73. The fourth-order valence-corrected chi connectivity index (χ4v) is 1.79. The number of nitrogens with two attached hydrogens (primary N) is 1. The van der Waals surface area contributed by atoms with Crippen LogP contribution in [-0.2, 0) is 11.3 Å². The molecule has 2 N–H and O–H groups in total. The van der Waals surface area contributed by atoms with Crippen LogP contribution in [0.4, 0.5) is 5.69 Å². The number of ketones is 1. The van der Waals surface area contributed by atoms with Crippen LogP contribution in [0.25, 0.3) is 0 Å². The molecule has 0 aromatic heterocycles. The first-order chi connectivity index (χ1) is 9.66. The van der Waals surface area contributed by atoms with E-state index in [1.807, 2.05) is 30.3 Å². The van der Waals surface area contributed by atoms with E-state index < -0.39 is 0 Å². The van der Waals surface area contributed by atoms with E-state index in [-0.39, 0.29) is 12.6 Å². The third-order valence-electron chi connectivity index (χ3n) is 2.79. The second-order valence-corrected chi connectivity index (χ2v) is 4.41. The van der Waals surface area contributed by atoms with Crippen LogP contribution in [0.3, 0.4) is 0 Å². The lowest BCUT2D eigenvalue weighted by Gasteiger charge is -2.11. The SMILES string of the molecule is CC(=O)c1cc(N)ccc1OCOCc1ccccc1. The maximum atomic E-state index is 11.5. The van der Waals surface area contributed by atoms with Gasteiger partial charge in [-0.05, 0) is 30.7 Å². The predicted octanol–water partition coefficient (Wildman–Crippen LogP) is 3.02. The molecule has 2 rings (SSSR count). The number of hydrogen-bond donors (Lipinski definition) is 1. The summed E-state index contributed by atoms with van der Waals surface area (Å²) < 4.78 is 10.9. The monoisotopic (exact) mass is 271 g/mol. The van der Waals surface area contributed by atoms with Crippen molar-refractivity contribution >= 4 is 11.5 Å². The van der Waals surface area contributed by atoms with Crippen LogP contribution in [0.1, 0.15) is 22.8 Å². The van der Waals surface area contributed by atoms with E-state index in [0.717, 1.165) is 5.56 Å². The fraction of sp³-hybridized carbons (Fsp3) is 0.188. The number of hydrogen-bond acceptors (Lipinski definition) is 4. The van der Waals surface area contributed by atoms with Gasteiger partial charge < -0.3 is 15.2 Å². The lowest BCUT2D eigenvalue weighted by atomic mass is 10.1. The zero-order chi connectivity index (χ0) is 14.4. The van der Waals surface area contributed by atoms with Crippen LogP contribution in [0.2, 0.25) is 0 Å². The lowest BCUT2D eigenvalue weighted by molar-refractivity contribution is 0.00469. The van der Waals surface area contributed by atoms with E-state index in [1.165, 1.54) is 6.92 Å². The van der Waals surface area contributed by atoms with Crippen LogP contribution in [0.5, 0.6) is 5.75 Å². The minimum Gasteiger partial charge on any atom is -0.467 e. The first-order valence-corrected chi connectivity index (χ1v) is 6.32. The van der Waals surface area contributed by atoms with E-state index in [2.05, 4.69) is 0 Å². The molecule has 0 fully saturated rings. The van der Waals surface area contributed by atoms with Crippen LogP contribution in [0, 0.1) is 0 Å². The van der Waals surface area contributed by atoms with E-state index in [1.54, 1.807) is 18.2 Å².